The first-order valence-corrected chi connectivity index (χ1v) is 11.3. The van der Waals surface area contributed by atoms with Crippen LogP contribution in [0.3, 0.4) is 0 Å². The zero-order valence-electron chi connectivity index (χ0n) is 18.5. The van der Waals surface area contributed by atoms with E-state index in [2.05, 4.69) is 53.7 Å². The lowest BCUT2D eigenvalue weighted by Crippen LogP contribution is -2.43. The van der Waals surface area contributed by atoms with Crippen LogP contribution in [0.5, 0.6) is 0 Å². The highest BCUT2D eigenvalue weighted by molar-refractivity contribution is 5.80. The SMILES string of the molecule is CN=C(NCc1ccccc1CN1CCCC1=O)NCC1(CC(C)C)CCCC1. The highest BCUT2D eigenvalue weighted by atomic mass is 16.2. The molecule has 2 N–H and O–H groups in total. The van der Waals surface area contributed by atoms with E-state index in [1.807, 2.05) is 11.9 Å². The Morgan fingerprint density at radius 3 is 2.48 bits per heavy atom. The maximum absolute atomic E-state index is 12.0. The molecule has 1 aliphatic heterocycles. The summed E-state index contributed by atoms with van der Waals surface area (Å²) in [5.74, 6) is 1.87. The minimum Gasteiger partial charge on any atom is -0.356 e. The van der Waals surface area contributed by atoms with E-state index in [0.717, 1.165) is 37.9 Å². The summed E-state index contributed by atoms with van der Waals surface area (Å²) < 4.78 is 0. The average molecular weight is 399 g/mol. The van der Waals surface area contributed by atoms with Crippen molar-refractivity contribution in [2.24, 2.45) is 16.3 Å². The monoisotopic (exact) mass is 398 g/mol. The maximum atomic E-state index is 12.0. The molecule has 0 radical (unpaired) electrons. The third kappa shape index (κ3) is 5.97. The number of hydrogen-bond donors (Lipinski definition) is 2. The molecule has 2 aliphatic rings. The molecule has 1 saturated carbocycles. The zero-order valence-corrected chi connectivity index (χ0v) is 18.5. The second-order valence-electron chi connectivity index (χ2n) is 9.27. The van der Waals surface area contributed by atoms with Crippen LogP contribution in [0.15, 0.2) is 29.3 Å². The Kier molecular flexibility index (Phi) is 7.57. The molecule has 1 heterocycles. The minimum absolute atomic E-state index is 0.275. The molecule has 1 aromatic rings. The number of amides is 1. The van der Waals surface area contributed by atoms with Crippen molar-refractivity contribution in [3.8, 4) is 0 Å². The first-order chi connectivity index (χ1) is 14.0. The van der Waals surface area contributed by atoms with E-state index in [1.54, 1.807) is 0 Å². The molecule has 0 bridgehead atoms. The number of likely N-dealkylation sites (tertiary alicyclic amines) is 1. The van der Waals surface area contributed by atoms with E-state index in [9.17, 15) is 4.79 Å². The molecular formula is C24H38N4O. The Morgan fingerprint density at radius 2 is 1.86 bits per heavy atom. The van der Waals surface area contributed by atoms with Gasteiger partial charge < -0.3 is 15.5 Å². The van der Waals surface area contributed by atoms with Crippen LogP contribution in [0, 0.1) is 11.3 Å². The molecule has 1 saturated heterocycles. The first kappa shape index (κ1) is 21.7. The third-order valence-corrected chi connectivity index (χ3v) is 6.46. The van der Waals surface area contributed by atoms with Crippen molar-refractivity contribution in [3.05, 3.63) is 35.4 Å². The van der Waals surface area contributed by atoms with Crippen molar-refractivity contribution in [1.82, 2.24) is 15.5 Å². The van der Waals surface area contributed by atoms with E-state index >= 15 is 0 Å². The van der Waals surface area contributed by atoms with Crippen molar-refractivity contribution >= 4 is 11.9 Å². The number of aliphatic imine (C=N–C) groups is 1. The van der Waals surface area contributed by atoms with Crippen LogP contribution in [0.1, 0.15) is 69.9 Å². The number of guanidine groups is 1. The van der Waals surface area contributed by atoms with E-state index in [0.29, 0.717) is 18.4 Å². The van der Waals surface area contributed by atoms with Crippen molar-refractivity contribution in [2.45, 2.75) is 71.9 Å². The van der Waals surface area contributed by atoms with Gasteiger partial charge in [0, 0.05) is 39.6 Å². The standard InChI is InChI=1S/C24H38N4O/c1-19(2)15-24(12-6-7-13-24)18-27-23(25-3)26-16-20-9-4-5-10-21(20)17-28-14-8-11-22(28)29/h4-5,9-10,19H,6-8,11-18H2,1-3H3,(H2,25,26,27). The van der Waals surface area contributed by atoms with Gasteiger partial charge in [-0.05, 0) is 48.1 Å². The number of nitrogens with one attached hydrogen (secondary N) is 2. The molecule has 5 heteroatoms. The van der Waals surface area contributed by atoms with E-state index in [4.69, 9.17) is 0 Å². The van der Waals surface area contributed by atoms with Gasteiger partial charge in [-0.3, -0.25) is 9.79 Å². The van der Waals surface area contributed by atoms with Crippen LogP contribution in [-0.2, 0) is 17.9 Å². The maximum Gasteiger partial charge on any atom is 0.222 e. The number of hydrogen-bond acceptors (Lipinski definition) is 2. The largest absolute Gasteiger partial charge is 0.356 e. The fraction of sp³-hybridized carbons (Fsp3) is 0.667. The second-order valence-corrected chi connectivity index (χ2v) is 9.27. The summed E-state index contributed by atoms with van der Waals surface area (Å²) in [6.07, 6.45) is 8.29. The van der Waals surface area contributed by atoms with Gasteiger partial charge in [-0.25, -0.2) is 0 Å². The molecular weight excluding hydrogens is 360 g/mol. The van der Waals surface area contributed by atoms with Crippen molar-refractivity contribution in [2.75, 3.05) is 20.1 Å². The lowest BCUT2D eigenvalue weighted by molar-refractivity contribution is -0.128. The fourth-order valence-corrected chi connectivity index (χ4v) is 5.08. The summed E-state index contributed by atoms with van der Waals surface area (Å²) in [7, 11) is 1.84. The predicted molar refractivity (Wildman–Crippen MR) is 120 cm³/mol. The van der Waals surface area contributed by atoms with E-state index < -0.39 is 0 Å². The van der Waals surface area contributed by atoms with Gasteiger partial charge in [0.25, 0.3) is 0 Å². The number of carbonyl (C=O) groups excluding carboxylic acids is 1. The number of rotatable bonds is 8. The smallest absolute Gasteiger partial charge is 0.222 e. The quantitative estimate of drug-likeness (QED) is 0.512. The van der Waals surface area contributed by atoms with E-state index in [-0.39, 0.29) is 5.91 Å². The van der Waals surface area contributed by atoms with E-state index in [1.165, 1.54) is 43.2 Å². The van der Waals surface area contributed by atoms with Gasteiger partial charge >= 0.3 is 0 Å². The first-order valence-electron chi connectivity index (χ1n) is 11.3. The molecule has 3 rings (SSSR count). The highest BCUT2D eigenvalue weighted by Gasteiger charge is 2.34. The van der Waals surface area contributed by atoms with Gasteiger partial charge in [0.15, 0.2) is 5.96 Å². The molecule has 1 aliphatic carbocycles. The molecule has 0 atom stereocenters. The molecule has 5 nitrogen and oxygen atoms in total. The summed E-state index contributed by atoms with van der Waals surface area (Å²) in [5.41, 5.74) is 2.87. The van der Waals surface area contributed by atoms with Crippen LogP contribution in [0.4, 0.5) is 0 Å². The molecule has 160 valence electrons. The summed E-state index contributed by atoms with van der Waals surface area (Å²) >= 11 is 0. The summed E-state index contributed by atoms with van der Waals surface area (Å²) in [5, 5.41) is 7.09. The summed E-state index contributed by atoms with van der Waals surface area (Å²) in [6, 6.07) is 8.41. The van der Waals surface area contributed by atoms with Crippen molar-refractivity contribution in [3.63, 3.8) is 0 Å². The Bertz CT molecular complexity index is 707. The molecule has 2 fully saturated rings. The summed E-state index contributed by atoms with van der Waals surface area (Å²) in [4.78, 5) is 18.4. The van der Waals surface area contributed by atoms with Gasteiger partial charge in [0.05, 0.1) is 0 Å². The van der Waals surface area contributed by atoms with Gasteiger partial charge in [-0.2, -0.15) is 0 Å². The zero-order chi connectivity index (χ0) is 20.7. The molecule has 1 aromatic carbocycles. The molecule has 29 heavy (non-hydrogen) atoms. The lowest BCUT2D eigenvalue weighted by atomic mass is 9.78. The number of carbonyl (C=O) groups is 1. The minimum atomic E-state index is 0.275. The van der Waals surface area contributed by atoms with Crippen LogP contribution < -0.4 is 10.6 Å². The van der Waals surface area contributed by atoms with Gasteiger partial charge in [0.2, 0.25) is 5.91 Å². The van der Waals surface area contributed by atoms with Crippen molar-refractivity contribution in [1.29, 1.82) is 0 Å². The van der Waals surface area contributed by atoms with Crippen molar-refractivity contribution < 1.29 is 4.79 Å². The predicted octanol–water partition coefficient (Wildman–Crippen LogP) is 4.08. The Labute approximate surface area is 176 Å². The van der Waals surface area contributed by atoms with Gasteiger partial charge in [-0.15, -0.1) is 0 Å². The summed E-state index contributed by atoms with van der Waals surface area (Å²) in [6.45, 7) is 7.95. The highest BCUT2D eigenvalue weighted by Crippen LogP contribution is 2.42. The molecule has 0 spiro atoms. The lowest BCUT2D eigenvalue weighted by Gasteiger charge is -2.32. The van der Waals surface area contributed by atoms with Crippen LogP contribution in [0.25, 0.3) is 0 Å². The molecule has 0 aromatic heterocycles. The third-order valence-electron chi connectivity index (χ3n) is 6.46. The Hall–Kier alpha value is -2.04. The van der Waals surface area contributed by atoms with Crippen LogP contribution in [0.2, 0.25) is 0 Å². The van der Waals surface area contributed by atoms with Gasteiger partial charge in [-0.1, -0.05) is 51.0 Å². The topological polar surface area (TPSA) is 56.7 Å². The normalized spacial score (nSPS) is 19.2. The van der Waals surface area contributed by atoms with Crippen LogP contribution >= 0.6 is 0 Å². The number of nitrogens with zero attached hydrogens (tertiary/aromatic N) is 2. The second kappa shape index (κ2) is 10.1. The Balaban J connectivity index is 1.56. The average Bonchev–Trinajstić information content (AvgIpc) is 3.32. The Morgan fingerprint density at radius 1 is 1.14 bits per heavy atom. The van der Waals surface area contributed by atoms with Gasteiger partial charge in [0.1, 0.15) is 0 Å². The molecule has 0 unspecified atom stereocenters. The number of benzene rings is 1. The fourth-order valence-electron chi connectivity index (χ4n) is 5.08. The molecule has 1 amide bonds. The van der Waals surface area contributed by atoms with Crippen LogP contribution in [-0.4, -0.2) is 36.9 Å².